The number of hydrogen-bond acceptors (Lipinski definition) is 5. The molecule has 1 amide bonds. The van der Waals surface area contributed by atoms with Crippen LogP contribution in [0.15, 0.2) is 53.1 Å². The average Bonchev–Trinajstić information content (AvgIpc) is 3.32. The Morgan fingerprint density at radius 3 is 2.46 bits per heavy atom. The highest BCUT2D eigenvalue weighted by atomic mass is 16.6. The van der Waals surface area contributed by atoms with Crippen LogP contribution >= 0.6 is 0 Å². The summed E-state index contributed by atoms with van der Waals surface area (Å²) in [5, 5.41) is 15.3. The molecule has 0 spiro atoms. The van der Waals surface area contributed by atoms with Gasteiger partial charge in [0.2, 0.25) is 0 Å². The summed E-state index contributed by atoms with van der Waals surface area (Å²) in [6.07, 6.45) is 1.53. The molecule has 3 aromatic rings. The van der Waals surface area contributed by atoms with Crippen LogP contribution in [0.5, 0.6) is 0 Å². The van der Waals surface area contributed by atoms with E-state index in [1.54, 1.807) is 35.2 Å². The van der Waals surface area contributed by atoms with Crippen LogP contribution in [-0.4, -0.2) is 38.6 Å². The molecule has 8 heteroatoms. The Labute approximate surface area is 149 Å². The third-order valence-corrected chi connectivity index (χ3v) is 4.06. The third-order valence-electron chi connectivity index (χ3n) is 4.06. The predicted octanol–water partition coefficient (Wildman–Crippen LogP) is 3.52. The van der Waals surface area contributed by atoms with Crippen LogP contribution in [0.3, 0.4) is 0 Å². The van der Waals surface area contributed by atoms with Gasteiger partial charge in [0.05, 0.1) is 16.9 Å². The minimum absolute atomic E-state index is 0.0243. The van der Waals surface area contributed by atoms with Gasteiger partial charge in [0.1, 0.15) is 11.4 Å². The highest BCUT2D eigenvalue weighted by Gasteiger charge is 2.22. The summed E-state index contributed by atoms with van der Waals surface area (Å²) in [4.78, 5) is 25.0. The van der Waals surface area contributed by atoms with Crippen molar-refractivity contribution in [1.29, 1.82) is 0 Å². The molecule has 0 aliphatic carbocycles. The van der Waals surface area contributed by atoms with Crippen LogP contribution in [0.2, 0.25) is 0 Å². The molecule has 2 heterocycles. The average molecular weight is 354 g/mol. The van der Waals surface area contributed by atoms with Gasteiger partial charge in [-0.15, -0.1) is 0 Å². The normalized spacial score (nSPS) is 10.7. The Morgan fingerprint density at radius 1 is 1.23 bits per heavy atom. The summed E-state index contributed by atoms with van der Waals surface area (Å²) in [6.45, 7) is 4.94. The zero-order valence-electron chi connectivity index (χ0n) is 14.5. The molecule has 0 unspecified atom stereocenters. The molecule has 0 saturated heterocycles. The van der Waals surface area contributed by atoms with Gasteiger partial charge in [-0.1, -0.05) is 0 Å². The molecule has 0 radical (unpaired) electrons. The van der Waals surface area contributed by atoms with E-state index in [9.17, 15) is 14.9 Å². The lowest BCUT2D eigenvalue weighted by Gasteiger charge is -2.19. The summed E-state index contributed by atoms with van der Waals surface area (Å²) in [5.41, 5.74) is 1.42. The largest absolute Gasteiger partial charge is 0.463 e. The number of hydrogen-bond donors (Lipinski definition) is 0. The van der Waals surface area contributed by atoms with Gasteiger partial charge in [-0.3, -0.25) is 14.9 Å². The van der Waals surface area contributed by atoms with E-state index in [1.807, 2.05) is 13.8 Å². The number of furan rings is 1. The molecular formula is C18H18N4O4. The van der Waals surface area contributed by atoms with E-state index in [0.29, 0.717) is 35.9 Å². The number of carbonyl (C=O) groups is 1. The van der Waals surface area contributed by atoms with E-state index in [-0.39, 0.29) is 11.6 Å². The van der Waals surface area contributed by atoms with Crippen LogP contribution in [0.4, 0.5) is 5.69 Å². The van der Waals surface area contributed by atoms with Gasteiger partial charge in [0, 0.05) is 31.3 Å². The molecule has 0 saturated carbocycles. The van der Waals surface area contributed by atoms with Gasteiger partial charge < -0.3 is 9.32 Å². The smallest absolute Gasteiger partial charge is 0.272 e. The second-order valence-corrected chi connectivity index (χ2v) is 5.55. The lowest BCUT2D eigenvalue weighted by Crippen LogP contribution is -2.32. The Morgan fingerprint density at radius 2 is 1.92 bits per heavy atom. The van der Waals surface area contributed by atoms with Crippen LogP contribution in [0.25, 0.3) is 17.1 Å². The van der Waals surface area contributed by atoms with Crippen molar-refractivity contribution in [3.63, 3.8) is 0 Å². The van der Waals surface area contributed by atoms with Gasteiger partial charge in [-0.05, 0) is 38.1 Å². The fourth-order valence-corrected chi connectivity index (χ4v) is 2.66. The van der Waals surface area contributed by atoms with E-state index in [0.717, 1.165) is 0 Å². The summed E-state index contributed by atoms with van der Waals surface area (Å²) in [6, 6.07) is 11.1. The van der Waals surface area contributed by atoms with Crippen molar-refractivity contribution in [2.24, 2.45) is 0 Å². The van der Waals surface area contributed by atoms with Gasteiger partial charge in [-0.2, -0.15) is 5.10 Å². The van der Waals surface area contributed by atoms with E-state index >= 15 is 0 Å². The van der Waals surface area contributed by atoms with Crippen molar-refractivity contribution in [1.82, 2.24) is 14.7 Å². The maximum absolute atomic E-state index is 12.9. The number of nitro benzene ring substituents is 1. The lowest BCUT2D eigenvalue weighted by molar-refractivity contribution is -0.384. The molecule has 8 nitrogen and oxygen atoms in total. The molecule has 2 aromatic heterocycles. The first kappa shape index (κ1) is 17.4. The van der Waals surface area contributed by atoms with E-state index in [4.69, 9.17) is 4.42 Å². The maximum atomic E-state index is 12.9. The second-order valence-electron chi connectivity index (χ2n) is 5.55. The predicted molar refractivity (Wildman–Crippen MR) is 95.2 cm³/mol. The number of carbonyl (C=O) groups excluding carboxylic acids is 1. The van der Waals surface area contributed by atoms with Crippen LogP contribution in [-0.2, 0) is 0 Å². The van der Waals surface area contributed by atoms with Crippen molar-refractivity contribution >= 4 is 11.6 Å². The molecule has 3 rings (SSSR count). The van der Waals surface area contributed by atoms with Crippen LogP contribution in [0.1, 0.15) is 24.3 Å². The number of rotatable bonds is 6. The van der Waals surface area contributed by atoms with E-state index in [1.165, 1.54) is 23.1 Å². The van der Waals surface area contributed by atoms with Gasteiger partial charge in [0.25, 0.3) is 11.6 Å². The maximum Gasteiger partial charge on any atom is 0.272 e. The van der Waals surface area contributed by atoms with Crippen LogP contribution < -0.4 is 0 Å². The second kappa shape index (κ2) is 7.22. The fraction of sp³-hybridized carbons (Fsp3) is 0.222. The summed E-state index contributed by atoms with van der Waals surface area (Å²) < 4.78 is 6.87. The molecule has 26 heavy (non-hydrogen) atoms. The molecule has 0 bridgehead atoms. The SMILES string of the molecule is CCN(CC)C(=O)c1cc(-c2ccco2)nn1-c1ccc([N+](=O)[O-])cc1. The minimum atomic E-state index is -0.469. The van der Waals surface area contributed by atoms with Crippen molar-refractivity contribution in [2.45, 2.75) is 13.8 Å². The van der Waals surface area contributed by atoms with Crippen molar-refractivity contribution in [3.8, 4) is 17.1 Å². The highest BCUT2D eigenvalue weighted by molar-refractivity contribution is 5.94. The van der Waals surface area contributed by atoms with Gasteiger partial charge >= 0.3 is 0 Å². The zero-order valence-corrected chi connectivity index (χ0v) is 14.5. The lowest BCUT2D eigenvalue weighted by atomic mass is 10.2. The topological polar surface area (TPSA) is 94.4 Å². The number of non-ortho nitro benzene ring substituents is 1. The first-order chi connectivity index (χ1) is 12.5. The quantitative estimate of drug-likeness (QED) is 0.498. The standard InChI is InChI=1S/C18H18N4O4/c1-3-20(4-2)18(23)16-12-15(17-6-5-11-26-17)19-21(16)13-7-9-14(10-8-13)22(24)25/h5-12H,3-4H2,1-2H3. The van der Waals surface area contributed by atoms with Crippen molar-refractivity contribution in [2.75, 3.05) is 13.1 Å². The molecule has 0 aliphatic rings. The molecular weight excluding hydrogens is 336 g/mol. The third kappa shape index (κ3) is 3.21. The van der Waals surface area contributed by atoms with E-state index < -0.39 is 4.92 Å². The molecule has 134 valence electrons. The highest BCUT2D eigenvalue weighted by Crippen LogP contribution is 2.24. The number of amides is 1. The number of aromatic nitrogens is 2. The number of nitrogens with zero attached hydrogens (tertiary/aromatic N) is 4. The molecule has 0 fully saturated rings. The Bertz CT molecular complexity index is 909. The van der Waals surface area contributed by atoms with Crippen molar-refractivity contribution < 1.29 is 14.1 Å². The van der Waals surface area contributed by atoms with Crippen molar-refractivity contribution in [3.05, 3.63) is 64.5 Å². The molecule has 0 aliphatic heterocycles. The molecule has 1 aromatic carbocycles. The monoisotopic (exact) mass is 354 g/mol. The number of nitro groups is 1. The molecule has 0 atom stereocenters. The Hall–Kier alpha value is -3.42. The Balaban J connectivity index is 2.09. The first-order valence-electron chi connectivity index (χ1n) is 8.23. The van der Waals surface area contributed by atoms with Crippen LogP contribution in [0, 0.1) is 10.1 Å². The Kier molecular flexibility index (Phi) is 4.83. The van der Waals surface area contributed by atoms with Gasteiger partial charge in [0.15, 0.2) is 5.76 Å². The van der Waals surface area contributed by atoms with E-state index in [2.05, 4.69) is 5.10 Å². The molecule has 0 N–H and O–H groups in total. The minimum Gasteiger partial charge on any atom is -0.463 e. The fourth-order valence-electron chi connectivity index (χ4n) is 2.66. The first-order valence-corrected chi connectivity index (χ1v) is 8.23. The zero-order chi connectivity index (χ0) is 18.7. The summed E-state index contributed by atoms with van der Waals surface area (Å²) in [7, 11) is 0. The number of benzene rings is 1. The van der Waals surface area contributed by atoms with Gasteiger partial charge in [-0.25, -0.2) is 4.68 Å². The summed E-state index contributed by atoms with van der Waals surface area (Å²) in [5.74, 6) is 0.373. The summed E-state index contributed by atoms with van der Waals surface area (Å²) >= 11 is 0.